The lowest BCUT2D eigenvalue weighted by Crippen LogP contribution is -2.48. The molecule has 0 radical (unpaired) electrons. The van der Waals surface area contributed by atoms with Gasteiger partial charge in [-0.1, -0.05) is 32.6 Å². The predicted molar refractivity (Wildman–Crippen MR) is 110 cm³/mol. The summed E-state index contributed by atoms with van der Waals surface area (Å²) in [5.74, 6) is 1.98. The molecule has 2 aliphatic rings. The van der Waals surface area contributed by atoms with Gasteiger partial charge in [-0.05, 0) is 76.5 Å². The first kappa shape index (κ1) is 19.9. The van der Waals surface area contributed by atoms with E-state index in [0.717, 1.165) is 37.0 Å². The monoisotopic (exact) mass is 378 g/mol. The van der Waals surface area contributed by atoms with Crippen molar-refractivity contribution in [1.29, 1.82) is 0 Å². The van der Waals surface area contributed by atoms with E-state index in [1.54, 1.807) is 0 Å². The van der Waals surface area contributed by atoms with Gasteiger partial charge >= 0.3 is 0 Å². The molecule has 1 saturated carbocycles. The number of hydrogen-bond acceptors (Lipinski definition) is 2. The fourth-order valence-corrected chi connectivity index (χ4v) is 5.33. The van der Waals surface area contributed by atoms with Gasteiger partial charge in [0.1, 0.15) is 17.1 Å². The van der Waals surface area contributed by atoms with Crippen LogP contribution < -0.4 is 4.74 Å². The first-order valence-corrected chi connectivity index (χ1v) is 10.8. The predicted octanol–water partition coefficient (Wildman–Crippen LogP) is 6.96. The number of fused-ring (bicyclic) bond motifs is 3. The molecule has 3 rings (SSSR count). The molecule has 0 amide bonds. The van der Waals surface area contributed by atoms with Crippen LogP contribution >= 0.6 is 11.6 Å². The lowest BCUT2D eigenvalue weighted by Gasteiger charge is -2.50. The number of ether oxygens (including phenoxy) is 1. The molecule has 1 aliphatic heterocycles. The van der Waals surface area contributed by atoms with E-state index >= 15 is 0 Å². The van der Waals surface area contributed by atoms with E-state index in [0.29, 0.717) is 11.7 Å². The SMILES string of the molecule is CCCCCCCc1cc(O)c2c(c1)OC(C)(C)[C@@H]1CCC(C)(Cl)C[C@@H]21. The maximum Gasteiger partial charge on any atom is 0.127 e. The zero-order valence-electron chi connectivity index (χ0n) is 16.9. The van der Waals surface area contributed by atoms with Crippen molar-refractivity contribution in [1.82, 2.24) is 0 Å². The van der Waals surface area contributed by atoms with Crippen molar-refractivity contribution >= 4 is 11.6 Å². The summed E-state index contributed by atoms with van der Waals surface area (Å²) in [4.78, 5) is -0.184. The zero-order chi connectivity index (χ0) is 18.9. The second kappa shape index (κ2) is 7.62. The van der Waals surface area contributed by atoms with Crippen molar-refractivity contribution in [3.05, 3.63) is 23.3 Å². The van der Waals surface area contributed by atoms with E-state index in [1.165, 1.54) is 37.7 Å². The van der Waals surface area contributed by atoms with E-state index in [4.69, 9.17) is 16.3 Å². The molecule has 146 valence electrons. The molecule has 1 N–H and O–H groups in total. The highest BCUT2D eigenvalue weighted by atomic mass is 35.5. The summed E-state index contributed by atoms with van der Waals surface area (Å²) in [7, 11) is 0. The smallest absolute Gasteiger partial charge is 0.127 e. The second-order valence-corrected chi connectivity index (χ2v) is 10.2. The molecule has 1 heterocycles. The Morgan fingerprint density at radius 3 is 2.62 bits per heavy atom. The lowest BCUT2D eigenvalue weighted by molar-refractivity contribution is -0.0120. The Labute approximate surface area is 164 Å². The summed E-state index contributed by atoms with van der Waals surface area (Å²) in [6.45, 7) is 8.76. The average Bonchev–Trinajstić information content (AvgIpc) is 2.52. The van der Waals surface area contributed by atoms with E-state index in [1.807, 2.05) is 6.07 Å². The van der Waals surface area contributed by atoms with Crippen LogP contribution in [0.5, 0.6) is 11.5 Å². The van der Waals surface area contributed by atoms with Crippen LogP contribution in [-0.4, -0.2) is 15.6 Å². The van der Waals surface area contributed by atoms with Gasteiger partial charge < -0.3 is 9.84 Å². The number of hydrogen-bond donors (Lipinski definition) is 1. The normalized spacial score (nSPS) is 29.6. The molecular formula is C23H35ClO2. The van der Waals surface area contributed by atoms with Crippen LogP contribution in [0.2, 0.25) is 0 Å². The molecule has 1 aromatic rings. The minimum atomic E-state index is -0.211. The fourth-order valence-electron chi connectivity index (χ4n) is 5.06. The highest BCUT2D eigenvalue weighted by Gasteiger charge is 2.49. The van der Waals surface area contributed by atoms with Gasteiger partial charge in [-0.15, -0.1) is 11.6 Å². The van der Waals surface area contributed by atoms with Gasteiger partial charge in [0.15, 0.2) is 0 Å². The second-order valence-electron chi connectivity index (χ2n) is 9.27. The molecule has 0 spiro atoms. The summed E-state index contributed by atoms with van der Waals surface area (Å²) in [5.41, 5.74) is 1.98. The summed E-state index contributed by atoms with van der Waals surface area (Å²) >= 11 is 6.72. The Kier molecular flexibility index (Phi) is 5.82. The minimum absolute atomic E-state index is 0.184. The number of aryl methyl sites for hydroxylation is 1. The van der Waals surface area contributed by atoms with Gasteiger partial charge in [-0.25, -0.2) is 0 Å². The lowest BCUT2D eigenvalue weighted by atomic mass is 9.64. The number of aromatic hydroxyl groups is 1. The van der Waals surface area contributed by atoms with Gasteiger partial charge in [0.05, 0.1) is 0 Å². The van der Waals surface area contributed by atoms with Crippen molar-refractivity contribution in [2.45, 2.75) is 102 Å². The third kappa shape index (κ3) is 4.16. The third-order valence-corrected chi connectivity index (χ3v) is 6.84. The number of alkyl halides is 1. The summed E-state index contributed by atoms with van der Waals surface area (Å²) in [6.07, 6.45) is 10.3. The molecule has 3 atom stereocenters. The number of phenolic OH excluding ortho intramolecular Hbond substituents is 1. The van der Waals surface area contributed by atoms with Crippen LogP contribution in [0, 0.1) is 5.92 Å². The van der Waals surface area contributed by atoms with Crippen molar-refractivity contribution in [2.75, 3.05) is 0 Å². The average molecular weight is 379 g/mol. The minimum Gasteiger partial charge on any atom is -0.508 e. The van der Waals surface area contributed by atoms with Gasteiger partial charge in [0.2, 0.25) is 0 Å². The number of unbranched alkanes of at least 4 members (excludes halogenated alkanes) is 4. The first-order valence-electron chi connectivity index (χ1n) is 10.5. The Morgan fingerprint density at radius 2 is 1.88 bits per heavy atom. The van der Waals surface area contributed by atoms with E-state index in [9.17, 15) is 5.11 Å². The number of halogens is 1. The van der Waals surface area contributed by atoms with Gasteiger partial charge in [0.25, 0.3) is 0 Å². The van der Waals surface area contributed by atoms with E-state index in [2.05, 4.69) is 33.8 Å². The number of rotatable bonds is 6. The van der Waals surface area contributed by atoms with Crippen molar-refractivity contribution in [2.24, 2.45) is 5.92 Å². The van der Waals surface area contributed by atoms with E-state index in [-0.39, 0.29) is 16.4 Å². The molecule has 1 fully saturated rings. The van der Waals surface area contributed by atoms with Crippen molar-refractivity contribution < 1.29 is 9.84 Å². The quantitative estimate of drug-likeness (QED) is 0.428. The Bertz CT molecular complexity index is 635. The first-order chi connectivity index (χ1) is 12.2. The molecule has 1 aliphatic carbocycles. The highest BCUT2D eigenvalue weighted by Crippen LogP contribution is 2.57. The Hall–Kier alpha value is -0.890. The zero-order valence-corrected chi connectivity index (χ0v) is 17.7. The summed E-state index contributed by atoms with van der Waals surface area (Å²) in [6, 6.07) is 4.14. The number of benzene rings is 1. The van der Waals surface area contributed by atoms with Crippen LogP contribution in [0.25, 0.3) is 0 Å². The largest absolute Gasteiger partial charge is 0.508 e. The van der Waals surface area contributed by atoms with Crippen LogP contribution in [0.15, 0.2) is 12.1 Å². The van der Waals surface area contributed by atoms with Gasteiger partial charge in [0, 0.05) is 16.4 Å². The molecule has 1 aromatic carbocycles. The third-order valence-electron chi connectivity index (χ3n) is 6.49. The summed E-state index contributed by atoms with van der Waals surface area (Å²) < 4.78 is 6.42. The Balaban J connectivity index is 1.83. The number of phenols is 1. The van der Waals surface area contributed by atoms with Gasteiger partial charge in [-0.2, -0.15) is 0 Å². The maximum absolute atomic E-state index is 10.8. The molecule has 0 saturated heterocycles. The topological polar surface area (TPSA) is 29.5 Å². The van der Waals surface area contributed by atoms with Gasteiger partial charge in [-0.3, -0.25) is 0 Å². The molecular weight excluding hydrogens is 344 g/mol. The van der Waals surface area contributed by atoms with Crippen LogP contribution in [0.3, 0.4) is 0 Å². The van der Waals surface area contributed by atoms with Crippen molar-refractivity contribution in [3.8, 4) is 11.5 Å². The molecule has 0 aromatic heterocycles. The van der Waals surface area contributed by atoms with Crippen molar-refractivity contribution in [3.63, 3.8) is 0 Å². The molecule has 3 heteroatoms. The molecule has 2 nitrogen and oxygen atoms in total. The molecule has 0 bridgehead atoms. The fraction of sp³-hybridized carbons (Fsp3) is 0.739. The standard InChI is InChI=1S/C23H35ClO2/c1-5-6-7-8-9-10-16-13-19(25)21-17-15-23(4,24)12-11-18(17)22(2,3)26-20(21)14-16/h13-14,17-18,25H,5-12,15H2,1-4H3/t17-,18-,23?/m1/s1. The van der Waals surface area contributed by atoms with Crippen LogP contribution in [0.1, 0.15) is 96.1 Å². The highest BCUT2D eigenvalue weighted by molar-refractivity contribution is 6.23. The van der Waals surface area contributed by atoms with Crippen LogP contribution in [-0.2, 0) is 6.42 Å². The Morgan fingerprint density at radius 1 is 1.15 bits per heavy atom. The summed E-state index contributed by atoms with van der Waals surface area (Å²) in [5, 5.41) is 10.8. The molecule has 1 unspecified atom stereocenters. The van der Waals surface area contributed by atoms with E-state index < -0.39 is 0 Å². The van der Waals surface area contributed by atoms with Crippen LogP contribution in [0.4, 0.5) is 0 Å². The molecule has 26 heavy (non-hydrogen) atoms. The maximum atomic E-state index is 10.8.